The van der Waals surface area contributed by atoms with Crippen LogP contribution in [0, 0.1) is 0 Å². The maximum Gasteiger partial charge on any atom is 0.276 e. The molecule has 1 fully saturated rings. The summed E-state index contributed by atoms with van der Waals surface area (Å²) in [5.41, 5.74) is 0.562. The topological polar surface area (TPSA) is 104 Å². The minimum atomic E-state index is -3.60. The number of rotatable bonds is 10. The minimum absolute atomic E-state index is 0.199. The number of sulfonamides is 1. The fraction of sp³-hybridized carbons (Fsp3) is 0.364. The van der Waals surface area contributed by atoms with Crippen LogP contribution in [0.15, 0.2) is 63.1 Å². The SMILES string of the molecule is COc1ccc(OCCCSc2nnc(-c3cccc(S(=O)(=O)N4CCOCC4)c3)o2)cc1. The molecule has 1 aromatic heterocycles. The highest BCUT2D eigenvalue weighted by molar-refractivity contribution is 7.99. The Hall–Kier alpha value is -2.60. The van der Waals surface area contributed by atoms with E-state index in [4.69, 9.17) is 18.6 Å². The van der Waals surface area contributed by atoms with E-state index >= 15 is 0 Å². The second kappa shape index (κ2) is 11.0. The van der Waals surface area contributed by atoms with E-state index in [1.54, 1.807) is 31.4 Å². The lowest BCUT2D eigenvalue weighted by Crippen LogP contribution is -2.40. The van der Waals surface area contributed by atoms with Crippen molar-refractivity contribution in [1.29, 1.82) is 0 Å². The highest BCUT2D eigenvalue weighted by Gasteiger charge is 2.26. The first-order chi connectivity index (χ1) is 16.1. The van der Waals surface area contributed by atoms with E-state index in [2.05, 4.69) is 10.2 Å². The van der Waals surface area contributed by atoms with Crippen LogP contribution in [0.2, 0.25) is 0 Å². The third-order valence-electron chi connectivity index (χ3n) is 4.94. The number of morpholine rings is 1. The van der Waals surface area contributed by atoms with Crippen LogP contribution in [-0.4, -0.2) is 68.7 Å². The maximum atomic E-state index is 12.9. The second-order valence-corrected chi connectivity index (χ2v) is 10.1. The zero-order valence-corrected chi connectivity index (χ0v) is 19.8. The lowest BCUT2D eigenvalue weighted by Gasteiger charge is -2.26. The van der Waals surface area contributed by atoms with Gasteiger partial charge < -0.3 is 18.6 Å². The molecule has 0 saturated carbocycles. The van der Waals surface area contributed by atoms with E-state index in [-0.39, 0.29) is 10.8 Å². The third-order valence-corrected chi connectivity index (χ3v) is 7.74. The average Bonchev–Trinajstić information content (AvgIpc) is 3.34. The maximum absolute atomic E-state index is 12.9. The van der Waals surface area contributed by atoms with Gasteiger partial charge >= 0.3 is 0 Å². The molecule has 0 aliphatic carbocycles. The van der Waals surface area contributed by atoms with Crippen molar-refractivity contribution in [3.05, 3.63) is 48.5 Å². The largest absolute Gasteiger partial charge is 0.497 e. The van der Waals surface area contributed by atoms with E-state index in [1.807, 2.05) is 24.3 Å². The molecule has 0 bridgehead atoms. The molecule has 3 aromatic rings. The molecule has 0 amide bonds. The van der Waals surface area contributed by atoms with Gasteiger partial charge in [0.2, 0.25) is 15.9 Å². The standard InChI is InChI=1S/C22H25N3O6S2/c1-28-18-6-8-19(9-7-18)30-12-3-15-32-22-24-23-21(31-22)17-4-2-5-20(16-17)33(26,27)25-10-13-29-14-11-25/h2,4-9,16H,3,10-15H2,1H3. The Morgan fingerprint density at radius 3 is 2.58 bits per heavy atom. The molecule has 1 aliphatic rings. The molecule has 0 radical (unpaired) electrons. The molecule has 33 heavy (non-hydrogen) atoms. The van der Waals surface area contributed by atoms with Crippen LogP contribution in [0.25, 0.3) is 11.5 Å². The molecule has 1 saturated heterocycles. The van der Waals surface area contributed by atoms with Gasteiger partial charge in [0, 0.05) is 24.4 Å². The number of thioether (sulfide) groups is 1. The van der Waals surface area contributed by atoms with Crippen molar-refractivity contribution in [3.8, 4) is 23.0 Å². The van der Waals surface area contributed by atoms with Gasteiger partial charge in [-0.2, -0.15) is 4.31 Å². The number of methoxy groups -OCH3 is 1. The van der Waals surface area contributed by atoms with Crippen LogP contribution >= 0.6 is 11.8 Å². The zero-order chi connectivity index (χ0) is 23.1. The predicted molar refractivity (Wildman–Crippen MR) is 123 cm³/mol. The van der Waals surface area contributed by atoms with Crippen molar-refractivity contribution >= 4 is 21.8 Å². The van der Waals surface area contributed by atoms with Gasteiger partial charge in [0.1, 0.15) is 11.5 Å². The molecular formula is C22H25N3O6S2. The molecule has 2 aromatic carbocycles. The molecule has 0 atom stereocenters. The number of benzene rings is 2. The van der Waals surface area contributed by atoms with Crippen molar-refractivity contribution in [3.63, 3.8) is 0 Å². The molecule has 176 valence electrons. The summed E-state index contributed by atoms with van der Waals surface area (Å²) < 4.78 is 49.0. The first-order valence-corrected chi connectivity index (χ1v) is 12.9. The van der Waals surface area contributed by atoms with Crippen LogP contribution in [0.1, 0.15) is 6.42 Å². The number of nitrogens with zero attached hydrogens (tertiary/aromatic N) is 3. The summed E-state index contributed by atoms with van der Waals surface area (Å²) in [5, 5.41) is 8.57. The number of hydrogen-bond acceptors (Lipinski definition) is 9. The van der Waals surface area contributed by atoms with Gasteiger partial charge in [-0.05, 0) is 48.9 Å². The molecule has 4 rings (SSSR count). The predicted octanol–water partition coefficient (Wildman–Crippen LogP) is 3.33. The third kappa shape index (κ3) is 6.05. The fourth-order valence-corrected chi connectivity index (χ4v) is 5.32. The average molecular weight is 492 g/mol. The van der Waals surface area contributed by atoms with Crippen molar-refractivity contribution in [2.75, 3.05) is 45.8 Å². The Balaban J connectivity index is 1.30. The summed E-state index contributed by atoms with van der Waals surface area (Å²) in [4.78, 5) is 0.199. The van der Waals surface area contributed by atoms with Crippen molar-refractivity contribution in [1.82, 2.24) is 14.5 Å². The summed E-state index contributed by atoms with van der Waals surface area (Å²) in [6, 6.07) is 14.0. The number of hydrogen-bond donors (Lipinski definition) is 0. The monoisotopic (exact) mass is 491 g/mol. The van der Waals surface area contributed by atoms with Gasteiger partial charge in [-0.3, -0.25) is 0 Å². The highest BCUT2D eigenvalue weighted by atomic mass is 32.2. The van der Waals surface area contributed by atoms with Gasteiger partial charge in [0.25, 0.3) is 5.22 Å². The minimum Gasteiger partial charge on any atom is -0.497 e. The fourth-order valence-electron chi connectivity index (χ4n) is 3.19. The molecule has 0 N–H and O–H groups in total. The highest BCUT2D eigenvalue weighted by Crippen LogP contribution is 2.27. The summed E-state index contributed by atoms with van der Waals surface area (Å²) in [6.07, 6.45) is 0.793. The first-order valence-electron chi connectivity index (χ1n) is 10.5. The van der Waals surface area contributed by atoms with Gasteiger partial charge in [-0.1, -0.05) is 17.8 Å². The van der Waals surface area contributed by atoms with Gasteiger partial charge in [0.15, 0.2) is 0 Å². The molecular weight excluding hydrogens is 466 g/mol. The quantitative estimate of drug-likeness (QED) is 0.312. The Morgan fingerprint density at radius 1 is 1.06 bits per heavy atom. The van der Waals surface area contributed by atoms with E-state index in [0.29, 0.717) is 43.7 Å². The summed E-state index contributed by atoms with van der Waals surface area (Å²) in [7, 11) is -1.97. The Bertz CT molecular complexity index is 1140. The zero-order valence-electron chi connectivity index (χ0n) is 18.2. The van der Waals surface area contributed by atoms with Crippen LogP contribution in [0.5, 0.6) is 11.5 Å². The molecule has 9 nitrogen and oxygen atoms in total. The van der Waals surface area contributed by atoms with Gasteiger partial charge in [-0.25, -0.2) is 8.42 Å². The van der Waals surface area contributed by atoms with Crippen LogP contribution in [0.4, 0.5) is 0 Å². The molecule has 11 heteroatoms. The molecule has 0 unspecified atom stereocenters. The number of aromatic nitrogens is 2. The van der Waals surface area contributed by atoms with Crippen molar-refractivity contribution in [2.24, 2.45) is 0 Å². The van der Waals surface area contributed by atoms with Crippen LogP contribution in [-0.2, 0) is 14.8 Å². The lowest BCUT2D eigenvalue weighted by atomic mass is 10.2. The van der Waals surface area contributed by atoms with E-state index < -0.39 is 10.0 Å². The smallest absolute Gasteiger partial charge is 0.276 e. The second-order valence-electron chi connectivity index (χ2n) is 7.14. The molecule has 1 aliphatic heterocycles. The first kappa shape index (κ1) is 23.6. The molecule has 2 heterocycles. The Morgan fingerprint density at radius 2 is 1.82 bits per heavy atom. The van der Waals surface area contributed by atoms with Crippen molar-refractivity contribution in [2.45, 2.75) is 16.5 Å². The van der Waals surface area contributed by atoms with E-state index in [9.17, 15) is 8.42 Å². The Kier molecular flexibility index (Phi) is 7.86. The Labute approximate surface area is 197 Å². The summed E-state index contributed by atoms with van der Waals surface area (Å²) in [6.45, 7) is 2.04. The van der Waals surface area contributed by atoms with Gasteiger partial charge in [0.05, 0.1) is 31.8 Å². The summed E-state index contributed by atoms with van der Waals surface area (Å²) >= 11 is 1.43. The number of ether oxygens (including phenoxy) is 3. The normalized spacial score (nSPS) is 14.8. The van der Waals surface area contributed by atoms with E-state index in [0.717, 1.165) is 23.7 Å². The van der Waals surface area contributed by atoms with Crippen LogP contribution < -0.4 is 9.47 Å². The molecule has 0 spiro atoms. The van der Waals surface area contributed by atoms with Gasteiger partial charge in [-0.15, -0.1) is 10.2 Å². The van der Waals surface area contributed by atoms with Crippen LogP contribution in [0.3, 0.4) is 0 Å². The lowest BCUT2D eigenvalue weighted by molar-refractivity contribution is 0.0730. The van der Waals surface area contributed by atoms with E-state index in [1.165, 1.54) is 16.1 Å². The van der Waals surface area contributed by atoms with Crippen molar-refractivity contribution < 1.29 is 27.0 Å². The summed E-state index contributed by atoms with van der Waals surface area (Å²) in [5.74, 6) is 2.59.